The van der Waals surface area contributed by atoms with Crippen LogP contribution >= 0.6 is 0 Å². The van der Waals surface area contributed by atoms with E-state index in [1.54, 1.807) is 7.05 Å². The highest BCUT2D eigenvalue weighted by Crippen LogP contribution is 2.21. The van der Waals surface area contributed by atoms with Gasteiger partial charge in [0.25, 0.3) is 0 Å². The summed E-state index contributed by atoms with van der Waals surface area (Å²) >= 11 is 0. The van der Waals surface area contributed by atoms with E-state index in [1.807, 2.05) is 11.0 Å². The zero-order valence-corrected chi connectivity index (χ0v) is 16.7. The number of nitrogens with zero attached hydrogens (tertiary/aromatic N) is 2. The van der Waals surface area contributed by atoms with E-state index in [0.29, 0.717) is 19.0 Å². The van der Waals surface area contributed by atoms with Gasteiger partial charge in [-0.25, -0.2) is 4.79 Å². The molecule has 2 N–H and O–H groups in total. The van der Waals surface area contributed by atoms with Gasteiger partial charge in [0.2, 0.25) is 5.91 Å². The second-order valence-electron chi connectivity index (χ2n) is 7.18. The minimum Gasteiger partial charge on any atom is -0.359 e. The number of carbonyl (C=O) groups is 2. The first-order chi connectivity index (χ1) is 13.1. The van der Waals surface area contributed by atoms with Gasteiger partial charge in [-0.1, -0.05) is 43.2 Å². The average Bonchev–Trinajstić information content (AvgIpc) is 2.72. The maximum absolute atomic E-state index is 12.3. The molecule has 27 heavy (non-hydrogen) atoms. The number of nitrogens with one attached hydrogen (secondary N) is 2. The smallest absolute Gasteiger partial charge is 0.317 e. The summed E-state index contributed by atoms with van der Waals surface area (Å²) in [7, 11) is 1.67. The molecule has 1 aliphatic rings. The van der Waals surface area contributed by atoms with Crippen LogP contribution in [0.4, 0.5) is 4.79 Å². The minimum absolute atomic E-state index is 0.0485. The molecule has 0 radical (unpaired) electrons. The fourth-order valence-corrected chi connectivity index (χ4v) is 3.45. The Bertz CT molecular complexity index is 571. The lowest BCUT2D eigenvalue weighted by Gasteiger charge is -2.38. The molecule has 3 amide bonds. The molecule has 0 aliphatic carbocycles. The SMILES string of the molecule is CNC(=O)CCCCCCNC(=O)N1CCN(C(C)c2ccccc2)CC1. The van der Waals surface area contributed by atoms with E-state index in [2.05, 4.69) is 46.7 Å². The molecule has 0 aromatic heterocycles. The molecule has 2 rings (SSSR count). The number of hydrogen-bond acceptors (Lipinski definition) is 3. The molecule has 1 heterocycles. The van der Waals surface area contributed by atoms with Crippen LogP contribution < -0.4 is 10.6 Å². The van der Waals surface area contributed by atoms with Gasteiger partial charge in [-0.15, -0.1) is 0 Å². The van der Waals surface area contributed by atoms with Crippen molar-refractivity contribution < 1.29 is 9.59 Å². The first kappa shape index (κ1) is 21.2. The van der Waals surface area contributed by atoms with Gasteiger partial charge in [-0.05, 0) is 25.3 Å². The van der Waals surface area contributed by atoms with E-state index < -0.39 is 0 Å². The van der Waals surface area contributed by atoms with Crippen molar-refractivity contribution in [1.82, 2.24) is 20.4 Å². The van der Waals surface area contributed by atoms with E-state index in [1.165, 1.54) is 5.56 Å². The van der Waals surface area contributed by atoms with Gasteiger partial charge in [-0.2, -0.15) is 0 Å². The third kappa shape index (κ3) is 7.21. The molecule has 150 valence electrons. The molecule has 1 saturated heterocycles. The quantitative estimate of drug-likeness (QED) is 0.653. The van der Waals surface area contributed by atoms with Crippen LogP contribution in [0.3, 0.4) is 0 Å². The highest BCUT2D eigenvalue weighted by atomic mass is 16.2. The van der Waals surface area contributed by atoms with Crippen molar-refractivity contribution in [2.75, 3.05) is 39.8 Å². The summed E-state index contributed by atoms with van der Waals surface area (Å²) in [6.07, 6.45) is 4.53. The molecule has 1 atom stereocenters. The van der Waals surface area contributed by atoms with Crippen LogP contribution in [0.1, 0.15) is 50.6 Å². The van der Waals surface area contributed by atoms with E-state index in [-0.39, 0.29) is 11.9 Å². The van der Waals surface area contributed by atoms with E-state index >= 15 is 0 Å². The Morgan fingerprint density at radius 2 is 1.67 bits per heavy atom. The van der Waals surface area contributed by atoms with Gasteiger partial charge in [-0.3, -0.25) is 9.69 Å². The minimum atomic E-state index is 0.0485. The van der Waals surface area contributed by atoms with Gasteiger partial charge < -0.3 is 15.5 Å². The van der Waals surface area contributed by atoms with Gasteiger partial charge in [0.05, 0.1) is 0 Å². The number of carbonyl (C=O) groups excluding carboxylic acids is 2. The number of piperazine rings is 1. The highest BCUT2D eigenvalue weighted by molar-refractivity contribution is 5.75. The Morgan fingerprint density at radius 3 is 2.33 bits per heavy atom. The third-order valence-electron chi connectivity index (χ3n) is 5.32. The first-order valence-corrected chi connectivity index (χ1v) is 10.1. The molecule has 0 bridgehead atoms. The molecule has 1 unspecified atom stereocenters. The number of benzene rings is 1. The number of amides is 3. The van der Waals surface area contributed by atoms with Crippen LogP contribution in [0.2, 0.25) is 0 Å². The molecule has 1 fully saturated rings. The van der Waals surface area contributed by atoms with Crippen LogP contribution in [-0.4, -0.2) is 61.5 Å². The molecule has 1 aromatic rings. The third-order valence-corrected chi connectivity index (χ3v) is 5.32. The molecule has 6 heteroatoms. The van der Waals surface area contributed by atoms with Crippen molar-refractivity contribution in [2.24, 2.45) is 0 Å². The zero-order chi connectivity index (χ0) is 19.5. The van der Waals surface area contributed by atoms with Crippen molar-refractivity contribution in [3.63, 3.8) is 0 Å². The molecule has 6 nitrogen and oxygen atoms in total. The summed E-state index contributed by atoms with van der Waals surface area (Å²) in [4.78, 5) is 27.8. The van der Waals surface area contributed by atoms with Crippen LogP contribution in [0.15, 0.2) is 30.3 Å². The maximum Gasteiger partial charge on any atom is 0.317 e. The second-order valence-corrected chi connectivity index (χ2v) is 7.18. The lowest BCUT2D eigenvalue weighted by atomic mass is 10.1. The van der Waals surface area contributed by atoms with Crippen LogP contribution in [0.5, 0.6) is 0 Å². The normalized spacial score (nSPS) is 16.0. The molecule has 0 saturated carbocycles. The Morgan fingerprint density at radius 1 is 1.00 bits per heavy atom. The molecule has 1 aromatic carbocycles. The average molecular weight is 375 g/mol. The Kier molecular flexibility index (Phi) is 9.11. The summed E-state index contributed by atoms with van der Waals surface area (Å²) < 4.78 is 0. The van der Waals surface area contributed by atoms with E-state index in [0.717, 1.165) is 51.9 Å². The standard InChI is InChI=1S/C21H34N4O2/c1-18(19-10-6-5-7-11-19)24-14-16-25(17-15-24)21(27)23-13-9-4-3-8-12-20(26)22-2/h5-7,10-11,18H,3-4,8-9,12-17H2,1-2H3,(H,22,26)(H,23,27). The highest BCUT2D eigenvalue weighted by Gasteiger charge is 2.24. The van der Waals surface area contributed by atoms with Gasteiger partial charge in [0.1, 0.15) is 0 Å². The van der Waals surface area contributed by atoms with E-state index in [4.69, 9.17) is 0 Å². The summed E-state index contributed by atoms with van der Waals surface area (Å²) in [6, 6.07) is 11.0. The second kappa shape index (κ2) is 11.6. The lowest BCUT2D eigenvalue weighted by molar-refractivity contribution is -0.120. The molecule has 0 spiro atoms. The van der Waals surface area contributed by atoms with Gasteiger partial charge in [0.15, 0.2) is 0 Å². The number of hydrogen-bond donors (Lipinski definition) is 2. The van der Waals surface area contributed by atoms with Gasteiger partial charge in [0, 0.05) is 52.2 Å². The summed E-state index contributed by atoms with van der Waals surface area (Å²) in [6.45, 7) is 6.30. The van der Waals surface area contributed by atoms with Crippen molar-refractivity contribution in [3.05, 3.63) is 35.9 Å². The van der Waals surface area contributed by atoms with Gasteiger partial charge >= 0.3 is 6.03 Å². The maximum atomic E-state index is 12.3. The van der Waals surface area contributed by atoms with Crippen LogP contribution in [-0.2, 0) is 4.79 Å². The number of rotatable bonds is 9. The topological polar surface area (TPSA) is 64.7 Å². The zero-order valence-electron chi connectivity index (χ0n) is 16.7. The van der Waals surface area contributed by atoms with Crippen LogP contribution in [0, 0.1) is 0 Å². The van der Waals surface area contributed by atoms with E-state index in [9.17, 15) is 9.59 Å². The van der Waals surface area contributed by atoms with Crippen molar-refractivity contribution in [2.45, 2.75) is 45.1 Å². The van der Waals surface area contributed by atoms with Crippen molar-refractivity contribution in [3.8, 4) is 0 Å². The number of urea groups is 1. The Hall–Kier alpha value is -2.08. The summed E-state index contributed by atoms with van der Waals surface area (Å²) in [5.74, 6) is 0.101. The lowest BCUT2D eigenvalue weighted by Crippen LogP contribution is -2.52. The first-order valence-electron chi connectivity index (χ1n) is 10.1. The summed E-state index contributed by atoms with van der Waals surface area (Å²) in [5.41, 5.74) is 1.33. The Balaban J connectivity index is 1.58. The fraction of sp³-hybridized carbons (Fsp3) is 0.619. The van der Waals surface area contributed by atoms with Crippen molar-refractivity contribution in [1.29, 1.82) is 0 Å². The largest absolute Gasteiger partial charge is 0.359 e. The monoisotopic (exact) mass is 374 g/mol. The summed E-state index contributed by atoms with van der Waals surface area (Å²) in [5, 5.41) is 5.66. The fourth-order valence-electron chi connectivity index (χ4n) is 3.45. The predicted octanol–water partition coefficient (Wildman–Crippen LogP) is 2.77. The molecular weight excluding hydrogens is 340 g/mol. The molecule has 1 aliphatic heterocycles. The molecular formula is C21H34N4O2. The Labute approximate surface area is 163 Å². The predicted molar refractivity (Wildman–Crippen MR) is 109 cm³/mol. The number of unbranched alkanes of at least 4 members (excludes halogenated alkanes) is 3. The van der Waals surface area contributed by atoms with Crippen molar-refractivity contribution >= 4 is 11.9 Å². The van der Waals surface area contributed by atoms with Crippen LogP contribution in [0.25, 0.3) is 0 Å².